The summed E-state index contributed by atoms with van der Waals surface area (Å²) in [7, 11) is 1.31. The van der Waals surface area contributed by atoms with Crippen LogP contribution in [0.1, 0.15) is 19.8 Å². The van der Waals surface area contributed by atoms with Crippen LogP contribution in [0.3, 0.4) is 0 Å². The van der Waals surface area contributed by atoms with E-state index in [2.05, 4.69) is 15.3 Å². The predicted molar refractivity (Wildman–Crippen MR) is 64.6 cm³/mol. The molecule has 1 atom stereocenters. The van der Waals surface area contributed by atoms with Crippen LogP contribution in [-0.2, 0) is 0 Å². The van der Waals surface area contributed by atoms with E-state index < -0.39 is 4.92 Å². The maximum Gasteiger partial charge on any atom is 0.372 e. The van der Waals surface area contributed by atoms with Crippen LogP contribution < -0.4 is 10.1 Å². The molecule has 1 heterocycles. The maximum absolute atomic E-state index is 10.9. The Bertz CT molecular complexity index is 411. The summed E-state index contributed by atoms with van der Waals surface area (Å²) in [5, 5.41) is 22.8. The minimum Gasteiger partial charge on any atom is -0.476 e. The van der Waals surface area contributed by atoms with Crippen LogP contribution in [0, 0.1) is 10.1 Å². The molecule has 0 aliphatic rings. The second kappa shape index (κ2) is 6.70. The summed E-state index contributed by atoms with van der Waals surface area (Å²) in [6.07, 6.45) is 2.11. The second-order valence-electron chi connectivity index (χ2n) is 3.76. The lowest BCUT2D eigenvalue weighted by Gasteiger charge is -2.08. The van der Waals surface area contributed by atoms with E-state index in [-0.39, 0.29) is 23.5 Å². The first kappa shape index (κ1) is 14.1. The monoisotopic (exact) mass is 256 g/mol. The molecule has 0 spiro atoms. The van der Waals surface area contributed by atoms with E-state index in [0.717, 1.165) is 0 Å². The number of methoxy groups -OCH3 is 1. The van der Waals surface area contributed by atoms with Gasteiger partial charge in [0, 0.05) is 6.54 Å². The number of aliphatic hydroxyl groups excluding tert-OH is 1. The summed E-state index contributed by atoms with van der Waals surface area (Å²) in [4.78, 5) is 17.8. The fraction of sp³-hybridized carbons (Fsp3) is 0.600. The number of ether oxygens (including phenoxy) is 1. The third kappa shape index (κ3) is 3.81. The van der Waals surface area contributed by atoms with Gasteiger partial charge in [0.15, 0.2) is 0 Å². The van der Waals surface area contributed by atoms with Gasteiger partial charge in [-0.25, -0.2) is 4.98 Å². The number of hydrogen-bond acceptors (Lipinski definition) is 7. The van der Waals surface area contributed by atoms with Gasteiger partial charge in [-0.2, -0.15) is 4.98 Å². The predicted octanol–water partition coefficient (Wildman–Crippen LogP) is 0.966. The van der Waals surface area contributed by atoms with Crippen LogP contribution in [-0.4, -0.2) is 39.8 Å². The van der Waals surface area contributed by atoms with E-state index in [0.29, 0.717) is 19.4 Å². The van der Waals surface area contributed by atoms with E-state index >= 15 is 0 Å². The number of aliphatic hydroxyl groups is 1. The van der Waals surface area contributed by atoms with Crippen molar-refractivity contribution < 1.29 is 14.8 Å². The van der Waals surface area contributed by atoms with Gasteiger partial charge in [0.05, 0.1) is 18.1 Å². The molecule has 1 unspecified atom stereocenters. The van der Waals surface area contributed by atoms with Crippen molar-refractivity contribution in [2.24, 2.45) is 0 Å². The lowest BCUT2D eigenvalue weighted by atomic mass is 10.2. The Balaban J connectivity index is 2.72. The third-order valence-electron chi connectivity index (χ3n) is 2.26. The van der Waals surface area contributed by atoms with E-state index in [1.165, 1.54) is 13.4 Å². The summed E-state index contributed by atoms with van der Waals surface area (Å²) >= 11 is 0. The van der Waals surface area contributed by atoms with Crippen LogP contribution in [0.5, 0.6) is 5.88 Å². The summed E-state index contributed by atoms with van der Waals surface area (Å²) in [5.74, 6) is 0.0467. The molecule has 8 heteroatoms. The molecule has 0 bridgehead atoms. The minimum atomic E-state index is -0.587. The third-order valence-corrected chi connectivity index (χ3v) is 2.26. The Labute approximate surface area is 104 Å². The van der Waals surface area contributed by atoms with Crippen molar-refractivity contribution in [2.75, 3.05) is 19.0 Å². The Morgan fingerprint density at radius 2 is 2.33 bits per heavy atom. The molecule has 1 aromatic heterocycles. The second-order valence-corrected chi connectivity index (χ2v) is 3.76. The molecule has 0 aliphatic carbocycles. The van der Waals surface area contributed by atoms with Gasteiger partial charge in [-0.1, -0.05) is 0 Å². The average Bonchev–Trinajstić information content (AvgIpc) is 2.33. The van der Waals surface area contributed by atoms with Crippen molar-refractivity contribution in [1.29, 1.82) is 0 Å². The van der Waals surface area contributed by atoms with E-state index in [1.54, 1.807) is 6.92 Å². The Morgan fingerprint density at radius 1 is 1.61 bits per heavy atom. The molecule has 100 valence electrons. The summed E-state index contributed by atoms with van der Waals surface area (Å²) < 4.78 is 4.82. The summed E-state index contributed by atoms with van der Waals surface area (Å²) in [5.41, 5.74) is -0.281. The van der Waals surface area contributed by atoms with Crippen molar-refractivity contribution in [3.05, 3.63) is 16.4 Å². The van der Waals surface area contributed by atoms with Gasteiger partial charge in [-0.15, -0.1) is 0 Å². The first-order valence-corrected chi connectivity index (χ1v) is 5.51. The van der Waals surface area contributed by atoms with Crippen LogP contribution in [0.2, 0.25) is 0 Å². The van der Waals surface area contributed by atoms with Crippen LogP contribution >= 0.6 is 0 Å². The first-order valence-electron chi connectivity index (χ1n) is 5.51. The topological polar surface area (TPSA) is 110 Å². The number of anilines is 1. The largest absolute Gasteiger partial charge is 0.476 e. The molecular formula is C10H16N4O4. The molecule has 1 aromatic rings. The Kier molecular flexibility index (Phi) is 5.25. The number of nitro groups is 1. The van der Waals surface area contributed by atoms with E-state index in [9.17, 15) is 10.1 Å². The highest BCUT2D eigenvalue weighted by molar-refractivity contribution is 5.60. The zero-order valence-corrected chi connectivity index (χ0v) is 10.3. The van der Waals surface area contributed by atoms with Crippen molar-refractivity contribution in [2.45, 2.75) is 25.9 Å². The molecule has 0 aromatic carbocycles. The summed E-state index contributed by atoms with van der Waals surface area (Å²) in [6, 6.07) is 0. The van der Waals surface area contributed by atoms with Gasteiger partial charge in [0.1, 0.15) is 6.33 Å². The average molecular weight is 256 g/mol. The lowest BCUT2D eigenvalue weighted by molar-refractivity contribution is -0.385. The van der Waals surface area contributed by atoms with Crippen molar-refractivity contribution in [3.8, 4) is 5.88 Å². The molecule has 2 N–H and O–H groups in total. The fourth-order valence-electron chi connectivity index (χ4n) is 1.41. The highest BCUT2D eigenvalue weighted by Gasteiger charge is 2.23. The molecule has 0 aliphatic heterocycles. The van der Waals surface area contributed by atoms with Crippen LogP contribution in [0.4, 0.5) is 11.5 Å². The molecule has 18 heavy (non-hydrogen) atoms. The summed E-state index contributed by atoms with van der Waals surface area (Å²) in [6.45, 7) is 2.17. The molecular weight excluding hydrogens is 240 g/mol. The van der Waals surface area contributed by atoms with Gasteiger partial charge >= 0.3 is 5.69 Å². The number of hydrogen-bond donors (Lipinski definition) is 2. The van der Waals surface area contributed by atoms with Gasteiger partial charge in [-0.05, 0) is 19.8 Å². The molecule has 0 saturated carbocycles. The van der Waals surface area contributed by atoms with Crippen molar-refractivity contribution in [3.63, 3.8) is 0 Å². The number of nitrogens with one attached hydrogen (secondary N) is 1. The molecule has 0 radical (unpaired) electrons. The smallest absolute Gasteiger partial charge is 0.372 e. The number of rotatable bonds is 7. The van der Waals surface area contributed by atoms with Crippen molar-refractivity contribution >= 4 is 11.5 Å². The first-order chi connectivity index (χ1) is 8.56. The van der Waals surface area contributed by atoms with Gasteiger partial charge in [0.2, 0.25) is 5.82 Å². The minimum absolute atomic E-state index is 0.0759. The normalized spacial score (nSPS) is 11.9. The van der Waals surface area contributed by atoms with E-state index in [1.807, 2.05) is 0 Å². The standard InChI is InChI=1S/C10H16N4O4/c1-7(15)4-3-5-11-9-8(14(16)17)10(18-2)13-6-12-9/h6-7,15H,3-5H2,1-2H3,(H,11,12,13). The van der Waals surface area contributed by atoms with Crippen molar-refractivity contribution in [1.82, 2.24) is 9.97 Å². The molecule has 1 rings (SSSR count). The molecule has 0 amide bonds. The molecule has 0 saturated heterocycles. The maximum atomic E-state index is 10.9. The Hall–Kier alpha value is -1.96. The number of nitrogens with zero attached hydrogens (tertiary/aromatic N) is 3. The van der Waals surface area contributed by atoms with Gasteiger partial charge in [-0.3, -0.25) is 10.1 Å². The molecule has 0 fully saturated rings. The number of aromatic nitrogens is 2. The van der Waals surface area contributed by atoms with Gasteiger partial charge in [0.25, 0.3) is 5.88 Å². The fourth-order valence-corrected chi connectivity index (χ4v) is 1.41. The highest BCUT2D eigenvalue weighted by Crippen LogP contribution is 2.30. The molecule has 8 nitrogen and oxygen atoms in total. The quantitative estimate of drug-likeness (QED) is 0.424. The Morgan fingerprint density at radius 3 is 2.89 bits per heavy atom. The highest BCUT2D eigenvalue weighted by atomic mass is 16.6. The zero-order chi connectivity index (χ0) is 13.5. The zero-order valence-electron chi connectivity index (χ0n) is 10.3. The van der Waals surface area contributed by atoms with Crippen LogP contribution in [0.15, 0.2) is 6.33 Å². The SMILES string of the molecule is COc1ncnc(NCCCC(C)O)c1[N+](=O)[O-]. The van der Waals surface area contributed by atoms with Gasteiger partial charge < -0.3 is 15.2 Å². The van der Waals surface area contributed by atoms with E-state index in [4.69, 9.17) is 9.84 Å². The lowest BCUT2D eigenvalue weighted by Crippen LogP contribution is -2.10. The van der Waals surface area contributed by atoms with Crippen LogP contribution in [0.25, 0.3) is 0 Å².